The SMILES string of the molecule is CSc1ccnc(N)c1C(F)(F)F. The van der Waals surface area contributed by atoms with Gasteiger partial charge in [-0.3, -0.25) is 0 Å². The van der Waals surface area contributed by atoms with Gasteiger partial charge < -0.3 is 5.73 Å². The molecule has 2 N–H and O–H groups in total. The van der Waals surface area contributed by atoms with Gasteiger partial charge >= 0.3 is 6.18 Å². The van der Waals surface area contributed by atoms with Gasteiger partial charge in [0.1, 0.15) is 11.4 Å². The monoisotopic (exact) mass is 208 g/mol. The van der Waals surface area contributed by atoms with Crippen LogP contribution in [0.5, 0.6) is 0 Å². The molecule has 13 heavy (non-hydrogen) atoms. The molecule has 0 aliphatic carbocycles. The maximum Gasteiger partial charge on any atom is 0.421 e. The zero-order valence-corrected chi connectivity index (χ0v) is 7.54. The van der Waals surface area contributed by atoms with Crippen LogP contribution in [-0.2, 0) is 6.18 Å². The minimum absolute atomic E-state index is 0.0972. The van der Waals surface area contributed by atoms with E-state index in [1.54, 1.807) is 6.26 Å². The predicted octanol–water partition coefficient (Wildman–Crippen LogP) is 2.40. The molecule has 6 heteroatoms. The fourth-order valence-electron chi connectivity index (χ4n) is 0.914. The number of halogens is 3. The van der Waals surface area contributed by atoms with E-state index in [-0.39, 0.29) is 4.90 Å². The van der Waals surface area contributed by atoms with E-state index in [0.29, 0.717) is 0 Å². The molecule has 0 saturated heterocycles. The number of anilines is 1. The molecule has 0 atom stereocenters. The molecule has 0 unspecified atom stereocenters. The lowest BCUT2D eigenvalue weighted by Crippen LogP contribution is -2.11. The van der Waals surface area contributed by atoms with Crippen LogP contribution < -0.4 is 5.73 Å². The summed E-state index contributed by atoms with van der Waals surface area (Å²) in [7, 11) is 0. The maximum absolute atomic E-state index is 12.4. The van der Waals surface area contributed by atoms with Crippen LogP contribution in [0.1, 0.15) is 5.56 Å². The van der Waals surface area contributed by atoms with Crippen molar-refractivity contribution in [1.29, 1.82) is 0 Å². The van der Waals surface area contributed by atoms with Crippen molar-refractivity contribution in [3.63, 3.8) is 0 Å². The fourth-order valence-corrected chi connectivity index (χ4v) is 1.54. The summed E-state index contributed by atoms with van der Waals surface area (Å²) in [6.45, 7) is 0. The van der Waals surface area contributed by atoms with Gasteiger partial charge in [0.15, 0.2) is 0 Å². The van der Waals surface area contributed by atoms with Crippen LogP contribution in [0.15, 0.2) is 17.2 Å². The zero-order chi connectivity index (χ0) is 10.1. The van der Waals surface area contributed by atoms with Crippen LogP contribution in [0.3, 0.4) is 0 Å². The first kappa shape index (κ1) is 10.2. The fraction of sp³-hybridized carbons (Fsp3) is 0.286. The van der Waals surface area contributed by atoms with E-state index in [0.717, 1.165) is 11.8 Å². The van der Waals surface area contributed by atoms with Crippen LogP contribution in [0.2, 0.25) is 0 Å². The van der Waals surface area contributed by atoms with E-state index >= 15 is 0 Å². The van der Waals surface area contributed by atoms with E-state index in [1.807, 2.05) is 0 Å². The number of aromatic nitrogens is 1. The standard InChI is InChI=1S/C7H7F3N2S/c1-13-4-2-3-12-6(11)5(4)7(8,9)10/h2-3H,1H3,(H2,11,12). The highest BCUT2D eigenvalue weighted by molar-refractivity contribution is 7.98. The van der Waals surface area contributed by atoms with E-state index < -0.39 is 17.6 Å². The Hall–Kier alpha value is -0.910. The van der Waals surface area contributed by atoms with Gasteiger partial charge in [0.05, 0.1) is 0 Å². The molecule has 0 amide bonds. The molecule has 2 nitrogen and oxygen atoms in total. The highest BCUT2D eigenvalue weighted by atomic mass is 32.2. The number of pyridine rings is 1. The molecular weight excluding hydrogens is 201 g/mol. The molecule has 1 aromatic heterocycles. The summed E-state index contributed by atoms with van der Waals surface area (Å²) in [5.74, 6) is -0.473. The molecule has 0 radical (unpaired) electrons. The van der Waals surface area contributed by atoms with Gasteiger partial charge in [0.25, 0.3) is 0 Å². The first-order valence-corrected chi connectivity index (χ1v) is 4.55. The second kappa shape index (κ2) is 3.45. The number of thioether (sulfide) groups is 1. The maximum atomic E-state index is 12.4. The summed E-state index contributed by atoms with van der Waals surface area (Å²) >= 11 is 0.996. The third-order valence-electron chi connectivity index (χ3n) is 1.45. The van der Waals surface area contributed by atoms with Gasteiger partial charge in [-0.2, -0.15) is 13.2 Å². The Morgan fingerprint density at radius 1 is 1.46 bits per heavy atom. The summed E-state index contributed by atoms with van der Waals surface area (Å²) in [4.78, 5) is 3.50. The minimum Gasteiger partial charge on any atom is -0.383 e. The topological polar surface area (TPSA) is 38.9 Å². The van der Waals surface area contributed by atoms with Gasteiger partial charge in [0, 0.05) is 11.1 Å². The molecule has 72 valence electrons. The smallest absolute Gasteiger partial charge is 0.383 e. The number of rotatable bonds is 1. The van der Waals surface area contributed by atoms with Crippen LogP contribution in [0, 0.1) is 0 Å². The summed E-state index contributed by atoms with van der Waals surface area (Å²) in [5, 5.41) is 0. The molecule has 0 aliphatic heterocycles. The van der Waals surface area contributed by atoms with E-state index in [1.165, 1.54) is 12.3 Å². The number of hydrogen-bond acceptors (Lipinski definition) is 3. The van der Waals surface area contributed by atoms with Crippen molar-refractivity contribution < 1.29 is 13.2 Å². The zero-order valence-electron chi connectivity index (χ0n) is 6.72. The van der Waals surface area contributed by atoms with Crippen LogP contribution >= 0.6 is 11.8 Å². The lowest BCUT2D eigenvalue weighted by molar-refractivity contribution is -0.139. The number of alkyl halides is 3. The van der Waals surface area contributed by atoms with Crippen LogP contribution in [0.25, 0.3) is 0 Å². The van der Waals surface area contributed by atoms with Crippen molar-refractivity contribution in [3.8, 4) is 0 Å². The first-order chi connectivity index (χ1) is 5.96. The van der Waals surface area contributed by atoms with Crippen molar-refractivity contribution in [3.05, 3.63) is 17.8 Å². The molecule has 0 spiro atoms. The number of hydrogen-bond donors (Lipinski definition) is 1. The lowest BCUT2D eigenvalue weighted by Gasteiger charge is -2.12. The Morgan fingerprint density at radius 3 is 2.46 bits per heavy atom. The Labute approximate surface area is 77.3 Å². The van der Waals surface area contributed by atoms with E-state index in [4.69, 9.17) is 5.73 Å². The summed E-state index contributed by atoms with van der Waals surface area (Å²) in [6.07, 6.45) is -1.61. The number of nitrogens with zero attached hydrogens (tertiary/aromatic N) is 1. The van der Waals surface area contributed by atoms with Crippen molar-refractivity contribution in [2.24, 2.45) is 0 Å². The Kier molecular flexibility index (Phi) is 2.70. The highest BCUT2D eigenvalue weighted by Gasteiger charge is 2.36. The average molecular weight is 208 g/mol. The third-order valence-corrected chi connectivity index (χ3v) is 2.23. The predicted molar refractivity (Wildman–Crippen MR) is 45.4 cm³/mol. The van der Waals surface area contributed by atoms with Gasteiger partial charge in [-0.15, -0.1) is 11.8 Å². The number of nitrogens with two attached hydrogens (primary N) is 1. The van der Waals surface area contributed by atoms with Crippen LogP contribution in [0.4, 0.5) is 19.0 Å². The Balaban J connectivity index is 3.32. The summed E-state index contributed by atoms with van der Waals surface area (Å²) in [5.41, 5.74) is 4.29. The van der Waals surface area contributed by atoms with E-state index in [2.05, 4.69) is 4.98 Å². The van der Waals surface area contributed by atoms with Gasteiger partial charge in [-0.25, -0.2) is 4.98 Å². The molecule has 0 aromatic carbocycles. The lowest BCUT2D eigenvalue weighted by atomic mass is 10.2. The normalized spacial score (nSPS) is 11.7. The Bertz CT molecular complexity index is 311. The first-order valence-electron chi connectivity index (χ1n) is 3.32. The van der Waals surface area contributed by atoms with Crippen molar-refractivity contribution >= 4 is 17.6 Å². The van der Waals surface area contributed by atoms with Gasteiger partial charge in [-0.05, 0) is 12.3 Å². The molecule has 0 aliphatic rings. The second-order valence-electron chi connectivity index (χ2n) is 2.27. The molecule has 1 aromatic rings. The molecule has 0 bridgehead atoms. The number of nitrogen functional groups attached to an aromatic ring is 1. The third kappa shape index (κ3) is 2.06. The van der Waals surface area contributed by atoms with Crippen molar-refractivity contribution in [2.45, 2.75) is 11.1 Å². The van der Waals surface area contributed by atoms with Gasteiger partial charge in [0.2, 0.25) is 0 Å². The Morgan fingerprint density at radius 2 is 2.08 bits per heavy atom. The second-order valence-corrected chi connectivity index (χ2v) is 3.12. The van der Waals surface area contributed by atoms with Gasteiger partial charge in [-0.1, -0.05) is 0 Å². The summed E-state index contributed by atoms with van der Waals surface area (Å²) in [6, 6.07) is 1.30. The average Bonchev–Trinajstić information content (AvgIpc) is 2.01. The molecule has 0 fully saturated rings. The largest absolute Gasteiger partial charge is 0.421 e. The molecular formula is C7H7F3N2S. The highest BCUT2D eigenvalue weighted by Crippen LogP contribution is 2.38. The minimum atomic E-state index is -4.43. The van der Waals surface area contributed by atoms with Crippen LogP contribution in [-0.4, -0.2) is 11.2 Å². The molecule has 0 saturated carbocycles. The quantitative estimate of drug-likeness (QED) is 0.720. The van der Waals surface area contributed by atoms with Crippen molar-refractivity contribution in [2.75, 3.05) is 12.0 Å². The van der Waals surface area contributed by atoms with Crippen molar-refractivity contribution in [1.82, 2.24) is 4.98 Å². The molecule has 1 rings (SSSR count). The van der Waals surface area contributed by atoms with E-state index in [9.17, 15) is 13.2 Å². The summed E-state index contributed by atoms with van der Waals surface area (Å²) < 4.78 is 37.1. The molecule has 1 heterocycles.